The molecule has 1 saturated heterocycles. The lowest BCUT2D eigenvalue weighted by molar-refractivity contribution is -0.148. The fourth-order valence-electron chi connectivity index (χ4n) is 4.28. The standard InChI is InChI=1S/C28H29N3O5/c1-35-24-13-11-21(12-14-24)26(32)29-23-10-6-9-22(19-23)27(33)31-17-15-30(16-18-31)25(28(34)36-2)20-7-4-3-5-8-20/h3-14,19,25H,15-18H2,1-2H3,(H,29,32). The minimum absolute atomic E-state index is 0.121. The van der Waals surface area contributed by atoms with Crippen LogP contribution < -0.4 is 10.1 Å². The molecule has 1 heterocycles. The molecule has 1 aliphatic heterocycles. The number of nitrogens with one attached hydrogen (secondary N) is 1. The molecule has 8 heteroatoms. The second-order valence-corrected chi connectivity index (χ2v) is 8.43. The highest BCUT2D eigenvalue weighted by molar-refractivity contribution is 6.05. The SMILES string of the molecule is COC(=O)C(c1ccccc1)N1CCN(C(=O)c2cccc(NC(=O)c3ccc(OC)cc3)c2)CC1. The van der Waals surface area contributed by atoms with Crippen molar-refractivity contribution in [2.75, 3.05) is 45.7 Å². The first-order valence-electron chi connectivity index (χ1n) is 11.7. The summed E-state index contributed by atoms with van der Waals surface area (Å²) in [4.78, 5) is 42.1. The molecule has 0 radical (unpaired) electrons. The van der Waals surface area contributed by atoms with Crippen LogP contribution in [-0.2, 0) is 9.53 Å². The minimum atomic E-state index is -0.509. The maximum atomic E-state index is 13.2. The molecule has 1 atom stereocenters. The van der Waals surface area contributed by atoms with Crippen molar-refractivity contribution in [2.45, 2.75) is 6.04 Å². The van der Waals surface area contributed by atoms with Gasteiger partial charge in [-0.15, -0.1) is 0 Å². The highest BCUT2D eigenvalue weighted by Crippen LogP contribution is 2.24. The number of esters is 1. The number of carbonyl (C=O) groups excluding carboxylic acids is 3. The van der Waals surface area contributed by atoms with Gasteiger partial charge in [-0.2, -0.15) is 0 Å². The molecule has 1 aliphatic rings. The maximum absolute atomic E-state index is 13.2. The molecular formula is C28H29N3O5. The van der Waals surface area contributed by atoms with Crippen LogP contribution in [0.4, 0.5) is 5.69 Å². The molecule has 1 N–H and O–H groups in total. The molecule has 3 aromatic carbocycles. The van der Waals surface area contributed by atoms with Crippen LogP contribution in [0.1, 0.15) is 32.3 Å². The zero-order chi connectivity index (χ0) is 25.5. The maximum Gasteiger partial charge on any atom is 0.327 e. The number of piperazine rings is 1. The van der Waals surface area contributed by atoms with Gasteiger partial charge in [-0.25, -0.2) is 4.79 Å². The van der Waals surface area contributed by atoms with Gasteiger partial charge in [0.25, 0.3) is 11.8 Å². The number of hydrogen-bond donors (Lipinski definition) is 1. The topological polar surface area (TPSA) is 88.2 Å². The highest BCUT2D eigenvalue weighted by atomic mass is 16.5. The van der Waals surface area contributed by atoms with Crippen LogP contribution in [0.15, 0.2) is 78.9 Å². The van der Waals surface area contributed by atoms with Crippen molar-refractivity contribution in [2.24, 2.45) is 0 Å². The molecule has 0 spiro atoms. The van der Waals surface area contributed by atoms with Gasteiger partial charge >= 0.3 is 5.97 Å². The largest absolute Gasteiger partial charge is 0.497 e. The van der Waals surface area contributed by atoms with Crippen molar-refractivity contribution in [1.82, 2.24) is 9.80 Å². The van der Waals surface area contributed by atoms with Crippen LogP contribution in [-0.4, -0.2) is 68.0 Å². The Morgan fingerprint density at radius 3 is 2.14 bits per heavy atom. The monoisotopic (exact) mass is 487 g/mol. The van der Waals surface area contributed by atoms with E-state index in [4.69, 9.17) is 9.47 Å². The van der Waals surface area contributed by atoms with E-state index in [0.29, 0.717) is 48.7 Å². The fourth-order valence-corrected chi connectivity index (χ4v) is 4.28. The van der Waals surface area contributed by atoms with Crippen molar-refractivity contribution < 1.29 is 23.9 Å². The quantitative estimate of drug-likeness (QED) is 0.512. The van der Waals surface area contributed by atoms with E-state index in [1.54, 1.807) is 60.5 Å². The smallest absolute Gasteiger partial charge is 0.327 e. The zero-order valence-electron chi connectivity index (χ0n) is 20.3. The summed E-state index contributed by atoms with van der Waals surface area (Å²) >= 11 is 0. The van der Waals surface area contributed by atoms with Crippen LogP contribution in [0, 0.1) is 0 Å². The summed E-state index contributed by atoms with van der Waals surface area (Å²) in [5, 5.41) is 2.84. The number of ether oxygens (including phenoxy) is 2. The van der Waals surface area contributed by atoms with E-state index in [9.17, 15) is 14.4 Å². The van der Waals surface area contributed by atoms with Gasteiger partial charge in [-0.1, -0.05) is 36.4 Å². The van der Waals surface area contributed by atoms with Crippen LogP contribution in [0.25, 0.3) is 0 Å². The van der Waals surface area contributed by atoms with E-state index in [0.717, 1.165) is 5.56 Å². The van der Waals surface area contributed by atoms with E-state index < -0.39 is 6.04 Å². The average molecular weight is 488 g/mol. The molecule has 1 fully saturated rings. The van der Waals surface area contributed by atoms with Crippen LogP contribution in [0.3, 0.4) is 0 Å². The Morgan fingerprint density at radius 2 is 1.50 bits per heavy atom. The Bertz CT molecular complexity index is 1210. The summed E-state index contributed by atoms with van der Waals surface area (Å²) in [5.74, 6) is -0.0441. The van der Waals surface area contributed by atoms with Gasteiger partial charge in [0.1, 0.15) is 11.8 Å². The molecular weight excluding hydrogens is 458 g/mol. The first-order chi connectivity index (χ1) is 17.5. The third-order valence-corrected chi connectivity index (χ3v) is 6.23. The Hall–Kier alpha value is -4.17. The van der Waals surface area contributed by atoms with Crippen molar-refractivity contribution in [3.8, 4) is 5.75 Å². The molecule has 0 aromatic heterocycles. The van der Waals surface area contributed by atoms with Crippen molar-refractivity contribution in [3.05, 3.63) is 95.6 Å². The second kappa shape index (κ2) is 11.5. The predicted octanol–water partition coefficient (Wildman–Crippen LogP) is 3.62. The average Bonchev–Trinajstić information content (AvgIpc) is 2.94. The number of amides is 2. The first kappa shape index (κ1) is 24.9. The molecule has 1 unspecified atom stereocenters. The van der Waals surface area contributed by atoms with E-state index in [1.165, 1.54) is 7.11 Å². The summed E-state index contributed by atoms with van der Waals surface area (Å²) in [6, 6.07) is 22.7. The van der Waals surface area contributed by atoms with E-state index in [-0.39, 0.29) is 17.8 Å². The van der Waals surface area contributed by atoms with Crippen molar-refractivity contribution >= 4 is 23.5 Å². The van der Waals surface area contributed by atoms with Crippen LogP contribution >= 0.6 is 0 Å². The number of hydrogen-bond acceptors (Lipinski definition) is 6. The Balaban J connectivity index is 1.40. The summed E-state index contributed by atoms with van der Waals surface area (Å²) in [6.07, 6.45) is 0. The van der Waals surface area contributed by atoms with Gasteiger partial charge in [0, 0.05) is 43.0 Å². The van der Waals surface area contributed by atoms with Crippen LogP contribution in [0.5, 0.6) is 5.75 Å². The van der Waals surface area contributed by atoms with Crippen molar-refractivity contribution in [3.63, 3.8) is 0 Å². The summed E-state index contributed by atoms with van der Waals surface area (Å²) in [6.45, 7) is 2.02. The van der Waals surface area contributed by atoms with Gasteiger partial charge in [0.2, 0.25) is 0 Å². The molecule has 8 nitrogen and oxygen atoms in total. The number of carbonyl (C=O) groups is 3. The summed E-state index contributed by atoms with van der Waals surface area (Å²) in [5.41, 5.74) is 2.38. The molecule has 2 amide bonds. The molecule has 36 heavy (non-hydrogen) atoms. The lowest BCUT2D eigenvalue weighted by Gasteiger charge is -2.38. The van der Waals surface area contributed by atoms with Crippen LogP contribution in [0.2, 0.25) is 0 Å². The van der Waals surface area contributed by atoms with Gasteiger partial charge in [0.15, 0.2) is 0 Å². The number of methoxy groups -OCH3 is 2. The third kappa shape index (κ3) is 5.72. The fraction of sp³-hybridized carbons (Fsp3) is 0.250. The summed E-state index contributed by atoms with van der Waals surface area (Å²) in [7, 11) is 2.96. The number of rotatable bonds is 7. The van der Waals surface area contributed by atoms with E-state index in [1.807, 2.05) is 35.2 Å². The molecule has 0 saturated carbocycles. The third-order valence-electron chi connectivity index (χ3n) is 6.23. The number of anilines is 1. The predicted molar refractivity (Wildman–Crippen MR) is 136 cm³/mol. The lowest BCUT2D eigenvalue weighted by Crippen LogP contribution is -2.51. The van der Waals surface area contributed by atoms with Gasteiger partial charge in [0.05, 0.1) is 14.2 Å². The summed E-state index contributed by atoms with van der Waals surface area (Å²) < 4.78 is 10.2. The molecule has 186 valence electrons. The molecule has 0 bridgehead atoms. The van der Waals surface area contributed by atoms with Gasteiger partial charge in [-0.3, -0.25) is 14.5 Å². The minimum Gasteiger partial charge on any atom is -0.497 e. The highest BCUT2D eigenvalue weighted by Gasteiger charge is 2.32. The van der Waals surface area contributed by atoms with E-state index >= 15 is 0 Å². The van der Waals surface area contributed by atoms with Gasteiger partial charge < -0.3 is 19.7 Å². The Labute approximate surface area is 210 Å². The number of benzene rings is 3. The molecule has 3 aromatic rings. The Kier molecular flexibility index (Phi) is 7.97. The zero-order valence-corrected chi connectivity index (χ0v) is 20.3. The van der Waals surface area contributed by atoms with Crippen molar-refractivity contribution in [1.29, 1.82) is 0 Å². The lowest BCUT2D eigenvalue weighted by atomic mass is 10.0. The molecule has 4 rings (SSSR count). The number of nitrogens with zero attached hydrogens (tertiary/aromatic N) is 2. The first-order valence-corrected chi connectivity index (χ1v) is 11.7. The van der Waals surface area contributed by atoms with Gasteiger partial charge in [-0.05, 0) is 48.0 Å². The Morgan fingerprint density at radius 1 is 0.806 bits per heavy atom. The second-order valence-electron chi connectivity index (χ2n) is 8.43. The molecule has 0 aliphatic carbocycles. The van der Waals surface area contributed by atoms with E-state index in [2.05, 4.69) is 5.32 Å². The normalized spacial score (nSPS) is 14.6.